The number of ether oxygens (including phenoxy) is 1. The van der Waals surface area contributed by atoms with Gasteiger partial charge in [-0.25, -0.2) is 4.39 Å². The molecule has 3 aromatic rings. The monoisotopic (exact) mass is 447 g/mol. The molecule has 0 aliphatic heterocycles. The van der Waals surface area contributed by atoms with E-state index in [1.54, 1.807) is 25.1 Å². The normalized spacial score (nSPS) is 14.0. The van der Waals surface area contributed by atoms with Crippen LogP contribution in [0.1, 0.15) is 50.2 Å². The van der Waals surface area contributed by atoms with E-state index in [0.29, 0.717) is 28.7 Å². The second-order valence-corrected chi connectivity index (χ2v) is 9.07. The lowest BCUT2D eigenvalue weighted by Gasteiger charge is -2.26. The molecule has 4 heteroatoms. The summed E-state index contributed by atoms with van der Waals surface area (Å²) in [5.74, 6) is 0.0577. The van der Waals surface area contributed by atoms with Crippen LogP contribution in [0.4, 0.5) is 4.39 Å². The van der Waals surface area contributed by atoms with Gasteiger partial charge >= 0.3 is 5.97 Å². The molecule has 0 spiro atoms. The van der Waals surface area contributed by atoms with Gasteiger partial charge in [0.25, 0.3) is 0 Å². The van der Waals surface area contributed by atoms with Gasteiger partial charge in [0.2, 0.25) is 0 Å². The van der Waals surface area contributed by atoms with Crippen LogP contribution in [0.25, 0.3) is 11.1 Å². The molecule has 3 aromatic carbocycles. The summed E-state index contributed by atoms with van der Waals surface area (Å²) in [5.41, 5.74) is 3.09. The minimum Gasteiger partial charge on any atom is -0.426 e. The zero-order chi connectivity index (χ0) is 24.0. The second-order valence-electron chi connectivity index (χ2n) is 9.07. The van der Waals surface area contributed by atoms with Crippen LogP contribution >= 0.6 is 0 Å². The molecule has 0 fully saturated rings. The van der Waals surface area contributed by atoms with Crippen molar-refractivity contribution in [2.24, 2.45) is 5.92 Å². The summed E-state index contributed by atoms with van der Waals surface area (Å²) in [6.45, 7) is 7.18. The van der Waals surface area contributed by atoms with Gasteiger partial charge in [0, 0.05) is 12.1 Å². The number of carbonyl (C=O) groups is 1. The Balaban J connectivity index is 1.73. The summed E-state index contributed by atoms with van der Waals surface area (Å²) in [4.78, 5) is 15.1. The molecule has 0 bridgehead atoms. The van der Waals surface area contributed by atoms with Crippen molar-refractivity contribution in [3.63, 3.8) is 0 Å². The van der Waals surface area contributed by atoms with E-state index in [-0.39, 0.29) is 5.82 Å². The molecule has 3 atom stereocenters. The van der Waals surface area contributed by atoms with Gasteiger partial charge in [0.1, 0.15) is 11.6 Å². The Morgan fingerprint density at radius 3 is 2.30 bits per heavy atom. The smallest absolute Gasteiger partial charge is 0.318 e. The van der Waals surface area contributed by atoms with Gasteiger partial charge in [-0.05, 0) is 74.2 Å². The van der Waals surface area contributed by atoms with Crippen molar-refractivity contribution in [1.29, 1.82) is 0 Å². The van der Waals surface area contributed by atoms with Crippen LogP contribution < -0.4 is 4.74 Å². The molecule has 0 amide bonds. The highest BCUT2D eigenvalue weighted by molar-refractivity contribution is 5.80. The number of esters is 1. The fraction of sp³-hybridized carbons (Fsp3) is 0.345. The average molecular weight is 448 g/mol. The zero-order valence-corrected chi connectivity index (χ0v) is 20.2. The first-order chi connectivity index (χ1) is 15.8. The van der Waals surface area contributed by atoms with E-state index >= 15 is 0 Å². The lowest BCUT2D eigenvalue weighted by molar-refractivity contribution is -0.135. The van der Waals surface area contributed by atoms with E-state index in [4.69, 9.17) is 4.74 Å². The van der Waals surface area contributed by atoms with Crippen LogP contribution in [0.3, 0.4) is 0 Å². The molecule has 0 radical (unpaired) electrons. The molecule has 3 rings (SSSR count). The Morgan fingerprint density at radius 2 is 1.67 bits per heavy atom. The highest BCUT2D eigenvalue weighted by Crippen LogP contribution is 2.32. The van der Waals surface area contributed by atoms with E-state index in [9.17, 15) is 9.18 Å². The first-order valence-corrected chi connectivity index (χ1v) is 11.6. The lowest BCUT2D eigenvalue weighted by atomic mass is 9.85. The van der Waals surface area contributed by atoms with Gasteiger partial charge in [0.05, 0.1) is 5.92 Å². The van der Waals surface area contributed by atoms with Gasteiger partial charge < -0.3 is 9.64 Å². The maximum atomic E-state index is 14.8. The third-order valence-electron chi connectivity index (χ3n) is 6.22. The SMILES string of the molecule is CCC(c1cccc(OC(=O)C(C)c2ccc(-c3ccccc3)c(F)c2)c1)C(C)CN(C)C. The van der Waals surface area contributed by atoms with Crippen molar-refractivity contribution in [3.05, 3.63) is 89.7 Å². The molecule has 33 heavy (non-hydrogen) atoms. The highest BCUT2D eigenvalue weighted by Gasteiger charge is 2.22. The Morgan fingerprint density at radius 1 is 0.939 bits per heavy atom. The maximum absolute atomic E-state index is 14.8. The Labute approximate surface area is 197 Å². The van der Waals surface area contributed by atoms with E-state index in [0.717, 1.165) is 18.5 Å². The van der Waals surface area contributed by atoms with E-state index in [1.165, 1.54) is 11.6 Å². The number of halogens is 1. The van der Waals surface area contributed by atoms with Crippen LogP contribution in [0.5, 0.6) is 5.75 Å². The van der Waals surface area contributed by atoms with Crippen molar-refractivity contribution < 1.29 is 13.9 Å². The third-order valence-corrected chi connectivity index (χ3v) is 6.22. The maximum Gasteiger partial charge on any atom is 0.318 e. The molecule has 0 aliphatic carbocycles. The number of hydrogen-bond donors (Lipinski definition) is 0. The van der Waals surface area contributed by atoms with Gasteiger partial charge in [-0.3, -0.25) is 4.79 Å². The first kappa shape index (κ1) is 24.7. The van der Waals surface area contributed by atoms with Crippen LogP contribution in [0.2, 0.25) is 0 Å². The molecule has 0 saturated carbocycles. The summed E-state index contributed by atoms with van der Waals surface area (Å²) in [6.07, 6.45) is 1.01. The molecular weight excluding hydrogens is 413 g/mol. The fourth-order valence-corrected chi connectivity index (χ4v) is 4.47. The minimum atomic E-state index is -0.581. The van der Waals surface area contributed by atoms with Crippen LogP contribution in [-0.2, 0) is 4.79 Å². The standard InChI is InChI=1S/C29H34FNO2/c1-6-26(20(2)19-31(4)5)24-13-10-14-25(17-24)33-29(32)21(3)23-15-16-27(28(30)18-23)22-11-8-7-9-12-22/h7-18,20-21,26H,6,19H2,1-5H3. The average Bonchev–Trinajstić information content (AvgIpc) is 2.79. The van der Waals surface area contributed by atoms with E-state index in [2.05, 4.69) is 38.9 Å². The van der Waals surface area contributed by atoms with Crippen LogP contribution in [0.15, 0.2) is 72.8 Å². The summed E-state index contributed by atoms with van der Waals surface area (Å²) in [5, 5.41) is 0. The minimum absolute atomic E-state index is 0.346. The molecular formula is C29H34FNO2. The van der Waals surface area contributed by atoms with Gasteiger partial charge in [-0.2, -0.15) is 0 Å². The van der Waals surface area contributed by atoms with E-state index < -0.39 is 11.9 Å². The fourth-order valence-electron chi connectivity index (χ4n) is 4.47. The molecule has 0 aromatic heterocycles. The predicted octanol–water partition coefficient (Wildman–Crippen LogP) is 6.89. The Bertz CT molecular complexity index is 1060. The Hall–Kier alpha value is -2.98. The molecule has 0 N–H and O–H groups in total. The highest BCUT2D eigenvalue weighted by atomic mass is 19.1. The molecule has 3 unspecified atom stereocenters. The number of hydrogen-bond acceptors (Lipinski definition) is 3. The number of nitrogens with zero attached hydrogens (tertiary/aromatic N) is 1. The Kier molecular flexibility index (Phi) is 8.40. The van der Waals surface area contributed by atoms with Gasteiger partial charge in [-0.1, -0.05) is 68.4 Å². The molecule has 3 nitrogen and oxygen atoms in total. The van der Waals surface area contributed by atoms with Crippen molar-refractivity contribution in [2.75, 3.05) is 20.6 Å². The molecule has 0 aliphatic rings. The van der Waals surface area contributed by atoms with Gasteiger partial charge in [-0.15, -0.1) is 0 Å². The second kappa shape index (κ2) is 11.2. The van der Waals surface area contributed by atoms with Crippen molar-refractivity contribution >= 4 is 5.97 Å². The largest absolute Gasteiger partial charge is 0.426 e. The summed E-state index contributed by atoms with van der Waals surface area (Å²) < 4.78 is 20.5. The molecule has 0 heterocycles. The third kappa shape index (κ3) is 6.29. The zero-order valence-electron chi connectivity index (χ0n) is 20.2. The topological polar surface area (TPSA) is 29.5 Å². The first-order valence-electron chi connectivity index (χ1n) is 11.6. The number of carbonyl (C=O) groups excluding carboxylic acids is 1. The van der Waals surface area contributed by atoms with Crippen molar-refractivity contribution in [2.45, 2.75) is 39.0 Å². The number of rotatable bonds is 9. The van der Waals surface area contributed by atoms with Crippen LogP contribution in [-0.4, -0.2) is 31.5 Å². The van der Waals surface area contributed by atoms with Crippen LogP contribution in [0, 0.1) is 11.7 Å². The predicted molar refractivity (Wildman–Crippen MR) is 133 cm³/mol. The summed E-state index contributed by atoms with van der Waals surface area (Å²) in [7, 11) is 4.16. The van der Waals surface area contributed by atoms with E-state index in [1.807, 2.05) is 42.5 Å². The molecule has 174 valence electrons. The summed E-state index contributed by atoms with van der Waals surface area (Å²) >= 11 is 0. The van der Waals surface area contributed by atoms with Gasteiger partial charge in [0.15, 0.2) is 0 Å². The van der Waals surface area contributed by atoms with Crippen molar-refractivity contribution in [3.8, 4) is 16.9 Å². The van der Waals surface area contributed by atoms with Crippen molar-refractivity contribution in [1.82, 2.24) is 4.90 Å². The quantitative estimate of drug-likeness (QED) is 0.264. The molecule has 0 saturated heterocycles. The summed E-state index contributed by atoms with van der Waals surface area (Å²) in [6, 6.07) is 22.1. The number of benzene rings is 3. The lowest BCUT2D eigenvalue weighted by Crippen LogP contribution is -2.24.